The van der Waals surface area contributed by atoms with E-state index in [-0.39, 0.29) is 19.0 Å². The molecule has 1 saturated heterocycles. The highest BCUT2D eigenvalue weighted by molar-refractivity contribution is 5.86. The molecule has 0 aromatic heterocycles. The van der Waals surface area contributed by atoms with E-state index in [1.54, 1.807) is 18.0 Å². The minimum atomic E-state index is -4.38. The first-order valence-electron chi connectivity index (χ1n) is 10.1. The minimum absolute atomic E-state index is 0.0465. The molecule has 3 rings (SSSR count). The van der Waals surface area contributed by atoms with Crippen LogP contribution in [0.1, 0.15) is 11.1 Å². The van der Waals surface area contributed by atoms with Crippen molar-refractivity contribution in [2.45, 2.75) is 12.7 Å². The maximum atomic E-state index is 12.8. The first-order valence-corrected chi connectivity index (χ1v) is 10.1. The van der Waals surface area contributed by atoms with Gasteiger partial charge in [-0.05, 0) is 29.8 Å². The summed E-state index contributed by atoms with van der Waals surface area (Å²) in [4.78, 5) is 20.6. The lowest BCUT2D eigenvalue weighted by molar-refractivity contribution is -0.137. The van der Waals surface area contributed by atoms with Crippen LogP contribution in [0.2, 0.25) is 0 Å². The molecule has 1 amide bonds. The number of para-hydroxylation sites is 1. The van der Waals surface area contributed by atoms with Gasteiger partial charge in [0.25, 0.3) is 0 Å². The van der Waals surface area contributed by atoms with Gasteiger partial charge >= 0.3 is 6.18 Å². The Morgan fingerprint density at radius 1 is 1.00 bits per heavy atom. The van der Waals surface area contributed by atoms with Crippen LogP contribution in [0.25, 0.3) is 0 Å². The fraction of sp³-hybridized carbons (Fsp3) is 0.364. The molecule has 0 bridgehead atoms. The van der Waals surface area contributed by atoms with Crippen molar-refractivity contribution in [1.29, 1.82) is 0 Å². The number of halogens is 3. The highest BCUT2D eigenvalue weighted by Crippen LogP contribution is 2.29. The lowest BCUT2D eigenvalue weighted by Gasteiger charge is -2.36. The van der Waals surface area contributed by atoms with Gasteiger partial charge in [0.2, 0.25) is 5.91 Å². The van der Waals surface area contributed by atoms with E-state index >= 15 is 0 Å². The maximum absolute atomic E-state index is 12.8. The second kappa shape index (κ2) is 10.2. The molecule has 0 unspecified atom stereocenters. The van der Waals surface area contributed by atoms with Gasteiger partial charge in [-0.2, -0.15) is 13.2 Å². The summed E-state index contributed by atoms with van der Waals surface area (Å²) in [7, 11) is 1.55. The molecule has 1 aliphatic rings. The topological polar surface area (TPSA) is 60.0 Å². The smallest absolute Gasteiger partial charge is 0.368 e. The molecule has 0 aliphatic carbocycles. The lowest BCUT2D eigenvalue weighted by Crippen LogP contribution is -2.52. The molecular formula is C22H26F3N5O. The zero-order valence-corrected chi connectivity index (χ0v) is 17.3. The number of amides is 1. The molecule has 1 fully saturated rings. The third-order valence-electron chi connectivity index (χ3n) is 5.10. The Hall–Kier alpha value is -3.23. The highest BCUT2D eigenvalue weighted by Gasteiger charge is 2.30. The summed E-state index contributed by atoms with van der Waals surface area (Å²) in [6, 6.07) is 15.2. The Balaban J connectivity index is 1.44. The molecule has 0 spiro atoms. The molecular weight excluding hydrogens is 407 g/mol. The standard InChI is InChI=1S/C22H26F3N5O/c1-26-21(27-15-17-6-5-7-18(14-17)22(23,24)25)28-16-20(31)30-12-10-29(11-13-30)19-8-3-2-4-9-19/h2-9,14H,10-13,15-16H2,1H3,(H2,26,27,28). The number of carbonyl (C=O) groups is 1. The van der Waals surface area contributed by atoms with Gasteiger partial charge in [-0.3, -0.25) is 9.79 Å². The largest absolute Gasteiger partial charge is 0.416 e. The second-order valence-electron chi connectivity index (χ2n) is 7.18. The number of nitrogens with zero attached hydrogens (tertiary/aromatic N) is 3. The van der Waals surface area contributed by atoms with E-state index in [4.69, 9.17) is 0 Å². The van der Waals surface area contributed by atoms with Crippen LogP contribution in [0.15, 0.2) is 59.6 Å². The van der Waals surface area contributed by atoms with E-state index < -0.39 is 11.7 Å². The van der Waals surface area contributed by atoms with Crippen LogP contribution in [0.3, 0.4) is 0 Å². The molecule has 31 heavy (non-hydrogen) atoms. The molecule has 0 radical (unpaired) electrons. The van der Waals surface area contributed by atoms with Crippen LogP contribution in [0, 0.1) is 0 Å². The first-order chi connectivity index (χ1) is 14.9. The zero-order valence-electron chi connectivity index (χ0n) is 17.3. The monoisotopic (exact) mass is 433 g/mol. The first kappa shape index (κ1) is 22.5. The van der Waals surface area contributed by atoms with Crippen molar-refractivity contribution in [3.8, 4) is 0 Å². The molecule has 0 atom stereocenters. The fourth-order valence-corrected chi connectivity index (χ4v) is 3.39. The number of guanidine groups is 1. The molecule has 2 N–H and O–H groups in total. The number of benzene rings is 2. The van der Waals surface area contributed by atoms with Crippen LogP contribution in [0.4, 0.5) is 18.9 Å². The summed E-state index contributed by atoms with van der Waals surface area (Å²) in [5, 5.41) is 5.88. The number of nitrogens with one attached hydrogen (secondary N) is 2. The lowest BCUT2D eigenvalue weighted by atomic mass is 10.1. The number of anilines is 1. The van der Waals surface area contributed by atoms with Crippen LogP contribution in [-0.4, -0.2) is 56.5 Å². The van der Waals surface area contributed by atoms with Gasteiger partial charge in [0.05, 0.1) is 12.1 Å². The van der Waals surface area contributed by atoms with Gasteiger partial charge in [-0.1, -0.05) is 30.3 Å². The molecule has 1 heterocycles. The second-order valence-corrected chi connectivity index (χ2v) is 7.18. The summed E-state index contributed by atoms with van der Waals surface area (Å²) in [5.74, 6) is 0.309. The number of carbonyl (C=O) groups excluding carboxylic acids is 1. The summed E-state index contributed by atoms with van der Waals surface area (Å²) in [5.41, 5.74) is 0.924. The summed E-state index contributed by atoms with van der Waals surface area (Å²) in [6.07, 6.45) is -4.38. The van der Waals surface area contributed by atoms with Crippen molar-refractivity contribution in [3.63, 3.8) is 0 Å². The zero-order chi connectivity index (χ0) is 22.3. The predicted octanol–water partition coefficient (Wildman–Crippen LogP) is 2.72. The van der Waals surface area contributed by atoms with Crippen molar-refractivity contribution in [2.24, 2.45) is 4.99 Å². The molecule has 1 aliphatic heterocycles. The molecule has 2 aromatic rings. The van der Waals surface area contributed by atoms with Crippen LogP contribution >= 0.6 is 0 Å². The molecule has 0 saturated carbocycles. The summed E-state index contributed by atoms with van der Waals surface area (Å²) >= 11 is 0. The third kappa shape index (κ3) is 6.37. The molecule has 9 heteroatoms. The van der Waals surface area contributed by atoms with Crippen LogP contribution < -0.4 is 15.5 Å². The molecule has 2 aromatic carbocycles. The minimum Gasteiger partial charge on any atom is -0.368 e. The average Bonchev–Trinajstić information content (AvgIpc) is 2.79. The van der Waals surface area contributed by atoms with Crippen molar-refractivity contribution in [2.75, 3.05) is 44.7 Å². The van der Waals surface area contributed by atoms with Gasteiger partial charge in [0, 0.05) is 45.5 Å². The molecule has 166 valence electrons. The van der Waals surface area contributed by atoms with Crippen LogP contribution in [-0.2, 0) is 17.5 Å². The number of rotatable bonds is 5. The van der Waals surface area contributed by atoms with Gasteiger partial charge in [0.15, 0.2) is 5.96 Å². The number of aliphatic imine (C=N–C) groups is 1. The number of alkyl halides is 3. The Kier molecular flexibility index (Phi) is 7.38. The summed E-state index contributed by atoms with van der Waals surface area (Å²) < 4.78 is 38.5. The van der Waals surface area contributed by atoms with Gasteiger partial charge < -0.3 is 20.4 Å². The SMILES string of the molecule is CN=C(NCC(=O)N1CCN(c2ccccc2)CC1)NCc1cccc(C(F)(F)F)c1. The van der Waals surface area contributed by atoms with Crippen molar-refractivity contribution in [1.82, 2.24) is 15.5 Å². The quantitative estimate of drug-likeness (QED) is 0.563. The van der Waals surface area contributed by atoms with Gasteiger partial charge in [-0.15, -0.1) is 0 Å². The average molecular weight is 433 g/mol. The predicted molar refractivity (Wildman–Crippen MR) is 115 cm³/mol. The normalized spacial score (nSPS) is 15.0. The van der Waals surface area contributed by atoms with E-state index in [0.717, 1.165) is 30.9 Å². The maximum Gasteiger partial charge on any atom is 0.416 e. The number of hydrogen-bond acceptors (Lipinski definition) is 3. The van der Waals surface area contributed by atoms with Crippen molar-refractivity contribution in [3.05, 3.63) is 65.7 Å². The Labute approximate surface area is 179 Å². The van der Waals surface area contributed by atoms with Gasteiger partial charge in [-0.25, -0.2) is 0 Å². The number of piperazine rings is 1. The Morgan fingerprint density at radius 3 is 2.35 bits per heavy atom. The van der Waals surface area contributed by atoms with E-state index in [1.165, 1.54) is 6.07 Å². The van der Waals surface area contributed by atoms with E-state index in [1.807, 2.05) is 18.2 Å². The third-order valence-corrected chi connectivity index (χ3v) is 5.10. The molecule has 6 nitrogen and oxygen atoms in total. The highest BCUT2D eigenvalue weighted by atomic mass is 19.4. The fourth-order valence-electron chi connectivity index (χ4n) is 3.39. The number of hydrogen-bond donors (Lipinski definition) is 2. The van der Waals surface area contributed by atoms with Crippen molar-refractivity contribution < 1.29 is 18.0 Å². The van der Waals surface area contributed by atoms with E-state index in [9.17, 15) is 18.0 Å². The Bertz CT molecular complexity index is 894. The summed E-state index contributed by atoms with van der Waals surface area (Å²) in [6.45, 7) is 3.01. The Morgan fingerprint density at radius 2 is 1.71 bits per heavy atom. The van der Waals surface area contributed by atoms with Crippen molar-refractivity contribution >= 4 is 17.6 Å². The van der Waals surface area contributed by atoms with Gasteiger partial charge in [0.1, 0.15) is 0 Å². The van der Waals surface area contributed by atoms with Crippen LogP contribution in [0.5, 0.6) is 0 Å². The van der Waals surface area contributed by atoms with E-state index in [0.29, 0.717) is 24.6 Å². The van der Waals surface area contributed by atoms with E-state index in [2.05, 4.69) is 32.7 Å².